The van der Waals surface area contributed by atoms with Crippen molar-refractivity contribution in [2.75, 3.05) is 0 Å². The van der Waals surface area contributed by atoms with Crippen molar-refractivity contribution >= 4 is 29.9 Å². The van der Waals surface area contributed by atoms with Gasteiger partial charge in [0.1, 0.15) is 0 Å². The van der Waals surface area contributed by atoms with Crippen LogP contribution in [0.1, 0.15) is 0 Å². The van der Waals surface area contributed by atoms with Crippen molar-refractivity contribution in [3.8, 4) is 0 Å². The Morgan fingerprint density at radius 3 is 2.86 bits per heavy atom. The molecule has 0 saturated heterocycles. The Balaban J connectivity index is 2.42. The summed E-state index contributed by atoms with van der Waals surface area (Å²) in [4.78, 5) is 0. The molecule has 0 bridgehead atoms. The molecule has 0 atom stereocenters. The fraction of sp³-hybridized carbons (Fsp3) is 0. The van der Waals surface area contributed by atoms with Crippen molar-refractivity contribution in [2.24, 2.45) is 10.8 Å². The molecule has 0 aliphatic carbocycles. The lowest BCUT2D eigenvalue weighted by atomic mass is 11.4. The van der Waals surface area contributed by atoms with Gasteiger partial charge in [-0.15, -0.1) is 5.10 Å². The smallest absolute Gasteiger partial charge is 0.197 e. The summed E-state index contributed by atoms with van der Waals surface area (Å²) in [5.41, 5.74) is 7.68. The van der Waals surface area contributed by atoms with Crippen molar-refractivity contribution < 1.29 is 0 Å². The molecular formula is CH4N4S2. The molecule has 0 unspecified atom stereocenters. The van der Waals surface area contributed by atoms with Crippen LogP contribution in [0, 0.1) is 0 Å². The number of nitrogens with zero attached hydrogens (tertiary/aromatic N) is 2. The van der Waals surface area contributed by atoms with Crippen molar-refractivity contribution in [2.45, 2.75) is 0 Å². The first-order valence-corrected chi connectivity index (χ1v) is 2.72. The highest BCUT2D eigenvalue weighted by Crippen LogP contribution is 2.12. The largest absolute Gasteiger partial charge is 0.376 e. The van der Waals surface area contributed by atoms with E-state index in [1.165, 1.54) is 15.8 Å². The van der Waals surface area contributed by atoms with Gasteiger partial charge in [0, 0.05) is 11.9 Å². The Morgan fingerprint density at radius 2 is 2.71 bits per heavy atom. The molecule has 1 aliphatic rings. The Morgan fingerprint density at radius 1 is 2.00 bits per heavy atom. The first kappa shape index (κ1) is 5.07. The zero-order valence-corrected chi connectivity index (χ0v) is 5.04. The minimum Gasteiger partial charge on any atom is -0.376 e. The number of nitrogens with two attached hydrogens (primary N) is 1. The van der Waals surface area contributed by atoms with E-state index < -0.39 is 0 Å². The van der Waals surface area contributed by atoms with E-state index >= 15 is 0 Å². The van der Waals surface area contributed by atoms with Crippen LogP contribution in [0.15, 0.2) is 5.10 Å². The molecule has 1 heterocycles. The highest BCUT2D eigenvalue weighted by atomic mass is 32.2. The monoisotopic (exact) mass is 136 g/mol. The number of hydrogen-bond acceptors (Lipinski definition) is 6. The second-order valence-corrected chi connectivity index (χ2v) is 2.55. The minimum atomic E-state index is 0.481. The van der Waals surface area contributed by atoms with Gasteiger partial charge in [0.15, 0.2) is 5.17 Å². The maximum absolute atomic E-state index is 5.19. The van der Waals surface area contributed by atoms with Crippen LogP contribution in [0.2, 0.25) is 0 Å². The van der Waals surface area contributed by atoms with E-state index in [-0.39, 0.29) is 0 Å². The minimum absolute atomic E-state index is 0.481. The first-order chi connectivity index (χ1) is 3.29. The van der Waals surface area contributed by atoms with Crippen LogP contribution in [0.4, 0.5) is 0 Å². The second-order valence-electron chi connectivity index (χ2n) is 0.914. The predicted octanol–water partition coefficient (Wildman–Crippen LogP) is -0.471. The molecule has 0 saturated carbocycles. The molecule has 0 amide bonds. The number of rotatable bonds is 0. The zero-order valence-electron chi connectivity index (χ0n) is 3.33. The summed E-state index contributed by atoms with van der Waals surface area (Å²) in [6, 6.07) is 0. The van der Waals surface area contributed by atoms with E-state index in [1.54, 1.807) is 0 Å². The molecule has 4 nitrogen and oxygen atoms in total. The molecule has 1 aliphatic heterocycles. The van der Waals surface area contributed by atoms with Gasteiger partial charge in [-0.3, -0.25) is 0 Å². The third kappa shape index (κ3) is 1.15. The van der Waals surface area contributed by atoms with Gasteiger partial charge in [0.05, 0.1) is 0 Å². The zero-order chi connectivity index (χ0) is 5.28. The maximum Gasteiger partial charge on any atom is 0.197 e. The molecule has 0 aromatic carbocycles. The summed E-state index contributed by atoms with van der Waals surface area (Å²) in [5.74, 6) is 0. The van der Waals surface area contributed by atoms with E-state index in [1.807, 2.05) is 0 Å². The van der Waals surface area contributed by atoms with Crippen LogP contribution in [0.5, 0.6) is 0 Å². The molecule has 0 spiro atoms. The fourth-order valence-corrected chi connectivity index (χ4v) is 0.858. The van der Waals surface area contributed by atoms with Gasteiger partial charge in [0.2, 0.25) is 0 Å². The number of amidine groups is 1. The molecule has 40 valence electrons. The van der Waals surface area contributed by atoms with E-state index in [9.17, 15) is 0 Å². The summed E-state index contributed by atoms with van der Waals surface area (Å²) in [5, 5.41) is 4.06. The number of hydrogen-bond donors (Lipinski definition) is 3. The molecule has 1 rings (SSSR count). The summed E-state index contributed by atoms with van der Waals surface area (Å²) in [6.45, 7) is 0. The van der Waals surface area contributed by atoms with E-state index in [0.717, 1.165) is 0 Å². The highest BCUT2D eigenvalue weighted by Gasteiger charge is 2.07. The molecule has 0 aromatic heterocycles. The normalized spacial score (nSPS) is 21.6. The first-order valence-electron chi connectivity index (χ1n) is 1.55. The van der Waals surface area contributed by atoms with Crippen molar-refractivity contribution in [3.05, 3.63) is 0 Å². The SMILES string of the molecule is NC1=NNN(S)S1. The Kier molecular flexibility index (Phi) is 1.31. The number of hydrazone groups is 1. The van der Waals surface area contributed by atoms with Gasteiger partial charge in [-0.2, -0.15) is 0 Å². The molecule has 0 aromatic rings. The van der Waals surface area contributed by atoms with Gasteiger partial charge >= 0.3 is 0 Å². The van der Waals surface area contributed by atoms with Crippen LogP contribution in [-0.4, -0.2) is 8.99 Å². The Bertz CT molecular complexity index is 99.9. The predicted molar refractivity (Wildman–Crippen MR) is 33.2 cm³/mol. The standard InChI is InChI=1S/CH4N4S2/c2-1-3-4-5(6)7-1/h4,6H,(H2,2,3). The molecular weight excluding hydrogens is 132 g/mol. The molecule has 3 N–H and O–H groups in total. The van der Waals surface area contributed by atoms with E-state index in [0.29, 0.717) is 5.17 Å². The van der Waals surface area contributed by atoms with E-state index in [4.69, 9.17) is 5.73 Å². The van der Waals surface area contributed by atoms with Crippen LogP contribution in [-0.2, 0) is 0 Å². The number of nitrogens with one attached hydrogen (secondary N) is 1. The van der Waals surface area contributed by atoms with Gasteiger partial charge in [-0.25, -0.2) is 5.53 Å². The highest BCUT2D eigenvalue weighted by molar-refractivity contribution is 8.17. The maximum atomic E-state index is 5.19. The molecule has 0 fully saturated rings. The van der Waals surface area contributed by atoms with Crippen LogP contribution in [0.25, 0.3) is 0 Å². The molecule has 0 radical (unpaired) electrons. The lowest BCUT2D eigenvalue weighted by molar-refractivity contribution is 0.584. The van der Waals surface area contributed by atoms with Gasteiger partial charge < -0.3 is 5.73 Å². The Labute approximate surface area is 50.8 Å². The van der Waals surface area contributed by atoms with Crippen molar-refractivity contribution in [1.82, 2.24) is 9.35 Å². The van der Waals surface area contributed by atoms with Gasteiger partial charge in [-0.05, 0) is 0 Å². The van der Waals surface area contributed by atoms with Crippen LogP contribution >= 0.6 is 24.8 Å². The van der Waals surface area contributed by atoms with Crippen molar-refractivity contribution in [1.29, 1.82) is 0 Å². The fourth-order valence-electron chi connectivity index (χ4n) is 0.221. The molecule has 7 heavy (non-hydrogen) atoms. The lowest BCUT2D eigenvalue weighted by Gasteiger charge is -1.98. The quantitative estimate of drug-likeness (QED) is 0.311. The third-order valence-electron chi connectivity index (χ3n) is 0.426. The second kappa shape index (κ2) is 1.81. The van der Waals surface area contributed by atoms with Gasteiger partial charge in [0.25, 0.3) is 0 Å². The molecule has 6 heteroatoms. The van der Waals surface area contributed by atoms with E-state index in [2.05, 4.69) is 23.5 Å². The average Bonchev–Trinajstić information content (AvgIpc) is 1.87. The van der Waals surface area contributed by atoms with Crippen LogP contribution in [0.3, 0.4) is 0 Å². The van der Waals surface area contributed by atoms with Gasteiger partial charge in [-0.1, -0.05) is 16.6 Å². The lowest BCUT2D eigenvalue weighted by Crippen LogP contribution is -2.10. The Hall–Kier alpha value is -0.0700. The summed E-state index contributed by atoms with van der Waals surface area (Å²) < 4.78 is 1.41. The number of hydrazine groups is 1. The average molecular weight is 136 g/mol. The topological polar surface area (TPSA) is 53.6 Å². The summed E-state index contributed by atoms with van der Waals surface area (Å²) in [7, 11) is 0. The summed E-state index contributed by atoms with van der Waals surface area (Å²) >= 11 is 5.08. The van der Waals surface area contributed by atoms with Crippen LogP contribution < -0.4 is 11.3 Å². The van der Waals surface area contributed by atoms with Crippen molar-refractivity contribution in [3.63, 3.8) is 0 Å². The third-order valence-corrected chi connectivity index (χ3v) is 1.29. The number of thiol groups is 1. The summed E-state index contributed by atoms with van der Waals surface area (Å²) in [6.07, 6.45) is 0.